The maximum atomic E-state index is 5.42. The molecular weight excluding hydrogens is 206 g/mol. The van der Waals surface area contributed by atoms with E-state index in [-0.39, 0.29) is 0 Å². The number of hydrogen-bond donors (Lipinski definition) is 1. The topological polar surface area (TPSA) is 74.2 Å². The van der Waals surface area contributed by atoms with Crippen LogP contribution in [-0.4, -0.2) is 23.8 Å². The second-order valence-corrected chi connectivity index (χ2v) is 4.33. The van der Waals surface area contributed by atoms with Gasteiger partial charge in [-0.2, -0.15) is 4.98 Å². The lowest BCUT2D eigenvalue weighted by Crippen LogP contribution is -2.21. The van der Waals surface area contributed by atoms with Crippen LogP contribution in [-0.2, 0) is 16.8 Å². The first kappa shape index (κ1) is 13.1. The minimum absolute atomic E-state index is 0.487. The molecule has 0 amide bonds. The Morgan fingerprint density at radius 2 is 2.06 bits per heavy atom. The monoisotopic (exact) mass is 227 g/mol. The van der Waals surface area contributed by atoms with Gasteiger partial charge in [0.15, 0.2) is 0 Å². The van der Waals surface area contributed by atoms with E-state index in [1.807, 2.05) is 13.8 Å². The predicted molar refractivity (Wildman–Crippen MR) is 60.9 cm³/mol. The van der Waals surface area contributed by atoms with Crippen LogP contribution < -0.4 is 5.73 Å². The lowest BCUT2D eigenvalue weighted by Gasteiger charge is -2.17. The van der Waals surface area contributed by atoms with Crippen LogP contribution in [0.4, 0.5) is 0 Å². The Balaban J connectivity index is 2.45. The smallest absolute Gasteiger partial charge is 0.226 e. The van der Waals surface area contributed by atoms with E-state index in [0.29, 0.717) is 11.7 Å². The van der Waals surface area contributed by atoms with Crippen LogP contribution >= 0.6 is 0 Å². The van der Waals surface area contributed by atoms with E-state index in [1.165, 1.54) is 0 Å². The Bertz CT molecular complexity index is 310. The number of methoxy groups -OCH3 is 1. The van der Waals surface area contributed by atoms with E-state index >= 15 is 0 Å². The third kappa shape index (κ3) is 3.57. The van der Waals surface area contributed by atoms with Gasteiger partial charge in [0.2, 0.25) is 11.7 Å². The molecule has 0 aromatic carbocycles. The molecule has 0 fully saturated rings. The lowest BCUT2D eigenvalue weighted by molar-refractivity contribution is 0.00973. The molecule has 0 radical (unpaired) electrons. The molecule has 5 nitrogen and oxygen atoms in total. The molecule has 0 atom stereocenters. The number of nitrogens with zero attached hydrogens (tertiary/aromatic N) is 2. The molecule has 0 aliphatic heterocycles. The summed E-state index contributed by atoms with van der Waals surface area (Å²) in [5.41, 5.74) is 4.93. The van der Waals surface area contributed by atoms with E-state index in [9.17, 15) is 0 Å². The van der Waals surface area contributed by atoms with Crippen LogP contribution in [0.5, 0.6) is 0 Å². The van der Waals surface area contributed by atoms with Gasteiger partial charge in [-0.3, -0.25) is 0 Å². The van der Waals surface area contributed by atoms with Crippen LogP contribution in [0.15, 0.2) is 4.52 Å². The number of aryl methyl sites for hydroxylation is 1. The fourth-order valence-corrected chi connectivity index (χ4v) is 1.29. The van der Waals surface area contributed by atoms with Crippen molar-refractivity contribution in [3.8, 4) is 0 Å². The molecule has 0 spiro atoms. The average molecular weight is 227 g/mol. The van der Waals surface area contributed by atoms with Crippen LogP contribution in [0, 0.1) is 0 Å². The molecule has 0 bridgehead atoms. The van der Waals surface area contributed by atoms with Gasteiger partial charge in [-0.05, 0) is 33.2 Å². The van der Waals surface area contributed by atoms with Crippen LogP contribution in [0.25, 0.3) is 0 Å². The fourth-order valence-electron chi connectivity index (χ4n) is 1.29. The quantitative estimate of drug-likeness (QED) is 0.716. The number of aromatic nitrogens is 2. The first-order chi connectivity index (χ1) is 7.60. The van der Waals surface area contributed by atoms with Crippen molar-refractivity contribution in [3.63, 3.8) is 0 Å². The summed E-state index contributed by atoms with van der Waals surface area (Å²) in [6, 6.07) is 0. The summed E-state index contributed by atoms with van der Waals surface area (Å²) in [5.74, 6) is 1.28. The molecule has 1 rings (SSSR count). The van der Waals surface area contributed by atoms with Crippen molar-refractivity contribution in [2.45, 2.75) is 45.1 Å². The summed E-state index contributed by atoms with van der Waals surface area (Å²) in [5, 5.41) is 3.92. The van der Waals surface area contributed by atoms with Crippen molar-refractivity contribution in [1.82, 2.24) is 10.1 Å². The summed E-state index contributed by atoms with van der Waals surface area (Å²) < 4.78 is 10.4. The highest BCUT2D eigenvalue weighted by Crippen LogP contribution is 2.20. The van der Waals surface area contributed by atoms with Gasteiger partial charge < -0.3 is 15.0 Å². The molecular formula is C11H21N3O2. The molecule has 16 heavy (non-hydrogen) atoms. The van der Waals surface area contributed by atoms with Gasteiger partial charge in [0.05, 0.1) is 0 Å². The molecule has 1 heterocycles. The molecule has 92 valence electrons. The molecule has 1 aromatic heterocycles. The lowest BCUT2D eigenvalue weighted by atomic mass is 10.1. The summed E-state index contributed by atoms with van der Waals surface area (Å²) in [4.78, 5) is 4.32. The molecule has 0 saturated heterocycles. The van der Waals surface area contributed by atoms with Gasteiger partial charge in [-0.25, -0.2) is 0 Å². The van der Waals surface area contributed by atoms with Gasteiger partial charge in [-0.15, -0.1) is 0 Å². The Hall–Kier alpha value is -0.940. The minimum atomic E-state index is -0.487. The highest BCUT2D eigenvalue weighted by atomic mass is 16.5. The summed E-state index contributed by atoms with van der Waals surface area (Å²) in [6.07, 6.45) is 3.99. The maximum Gasteiger partial charge on any atom is 0.226 e. The molecule has 1 aromatic rings. The normalized spacial score (nSPS) is 12.0. The molecule has 0 saturated carbocycles. The zero-order valence-corrected chi connectivity index (χ0v) is 10.3. The maximum absolute atomic E-state index is 5.42. The van der Waals surface area contributed by atoms with E-state index in [0.717, 1.165) is 32.2 Å². The molecule has 0 aliphatic rings. The van der Waals surface area contributed by atoms with E-state index in [4.69, 9.17) is 15.0 Å². The summed E-state index contributed by atoms with van der Waals surface area (Å²) in [7, 11) is 1.64. The van der Waals surface area contributed by atoms with E-state index < -0.39 is 5.60 Å². The van der Waals surface area contributed by atoms with Gasteiger partial charge in [0.1, 0.15) is 5.60 Å². The van der Waals surface area contributed by atoms with E-state index in [1.54, 1.807) is 7.11 Å². The van der Waals surface area contributed by atoms with Crippen molar-refractivity contribution in [2.24, 2.45) is 5.73 Å². The fraction of sp³-hybridized carbons (Fsp3) is 0.818. The Labute approximate surface area is 96.4 Å². The van der Waals surface area contributed by atoms with Gasteiger partial charge >= 0.3 is 0 Å². The Morgan fingerprint density at radius 1 is 1.31 bits per heavy atom. The van der Waals surface area contributed by atoms with Gasteiger partial charge in [0.25, 0.3) is 0 Å². The molecule has 0 unspecified atom stereocenters. The second-order valence-electron chi connectivity index (χ2n) is 4.33. The van der Waals surface area contributed by atoms with Crippen molar-refractivity contribution in [2.75, 3.05) is 13.7 Å². The predicted octanol–water partition coefficient (Wildman–Crippen LogP) is 1.62. The standard InChI is InChI=1S/C11H21N3O2/c1-11(2,15-3)10-13-9(16-14-10)7-5-4-6-8-12/h4-8,12H2,1-3H3. The minimum Gasteiger partial charge on any atom is -0.371 e. The highest BCUT2D eigenvalue weighted by Gasteiger charge is 2.25. The first-order valence-electron chi connectivity index (χ1n) is 5.68. The third-order valence-electron chi connectivity index (χ3n) is 2.61. The average Bonchev–Trinajstić information content (AvgIpc) is 2.74. The van der Waals surface area contributed by atoms with E-state index in [2.05, 4.69) is 10.1 Å². The van der Waals surface area contributed by atoms with Crippen molar-refractivity contribution in [3.05, 3.63) is 11.7 Å². The summed E-state index contributed by atoms with van der Waals surface area (Å²) >= 11 is 0. The number of rotatable bonds is 7. The van der Waals surface area contributed by atoms with Gasteiger partial charge in [0, 0.05) is 13.5 Å². The van der Waals surface area contributed by atoms with Crippen LogP contribution in [0.2, 0.25) is 0 Å². The SMILES string of the molecule is COC(C)(C)c1noc(CCCCCN)n1. The van der Waals surface area contributed by atoms with Crippen LogP contribution in [0.1, 0.15) is 44.8 Å². The third-order valence-corrected chi connectivity index (χ3v) is 2.61. The first-order valence-corrected chi connectivity index (χ1v) is 5.68. The second kappa shape index (κ2) is 5.96. The molecule has 5 heteroatoms. The Morgan fingerprint density at radius 3 is 2.69 bits per heavy atom. The highest BCUT2D eigenvalue weighted by molar-refractivity contribution is 4.97. The van der Waals surface area contributed by atoms with Crippen molar-refractivity contribution < 1.29 is 9.26 Å². The zero-order chi connectivity index (χ0) is 12.0. The molecule has 2 N–H and O–H groups in total. The number of unbranched alkanes of at least 4 members (excludes halogenated alkanes) is 2. The number of nitrogens with two attached hydrogens (primary N) is 1. The number of ether oxygens (including phenoxy) is 1. The van der Waals surface area contributed by atoms with Crippen molar-refractivity contribution >= 4 is 0 Å². The van der Waals surface area contributed by atoms with Crippen molar-refractivity contribution in [1.29, 1.82) is 0 Å². The van der Waals surface area contributed by atoms with Crippen LogP contribution in [0.3, 0.4) is 0 Å². The van der Waals surface area contributed by atoms with Gasteiger partial charge in [-0.1, -0.05) is 11.6 Å². The Kier molecular flexibility index (Phi) is 4.89. The largest absolute Gasteiger partial charge is 0.371 e. The zero-order valence-electron chi connectivity index (χ0n) is 10.3. The number of hydrogen-bond acceptors (Lipinski definition) is 5. The molecule has 0 aliphatic carbocycles. The summed E-state index contributed by atoms with van der Waals surface area (Å²) in [6.45, 7) is 4.57.